The zero-order valence-electron chi connectivity index (χ0n) is 92.1. The van der Waals surface area contributed by atoms with Crippen molar-refractivity contribution in [1.29, 1.82) is 0 Å². The molecule has 0 saturated heterocycles. The normalized spacial score (nSPS) is 11.8. The summed E-state index contributed by atoms with van der Waals surface area (Å²) in [6.45, 7) is 48.0. The molecule has 4 heteroatoms. The van der Waals surface area contributed by atoms with Gasteiger partial charge in [0.1, 0.15) is 0 Å². The van der Waals surface area contributed by atoms with E-state index in [2.05, 4.69) is 382 Å². The Morgan fingerprint density at radius 2 is 0.351 bits per heavy atom. The summed E-state index contributed by atoms with van der Waals surface area (Å²) in [5.74, 6) is 0. The SMILES string of the molecule is CC.CC.CC.CC.CC.CC.CC.CC.CC.CC.CC.CC.c1ccc2c(c1)Cc1c-2ccc2c1Cc1ccc3c4ccccc4n4cccc4c3c1-2.c1ccc2c(c1)Cc1cc3c(cc1-2)-c1c(ccc2c4ccccc4n4cccc4c12)C3.c1ccc2c(c1)Cc1cc3c(cc1-2)Cc1c-3ccc2c3ccccc3n3cccc3c12.c1ccc2c(c1)Cc1cc3c(cc1-2)Cc1ccc2c4ccccc4n4cccc4c2c1-3. The van der Waals surface area contributed by atoms with Crippen LogP contribution in [0.15, 0.2) is 365 Å². The third-order valence-corrected chi connectivity index (χ3v) is 29.8. The van der Waals surface area contributed by atoms with E-state index in [4.69, 9.17) is 0 Å². The summed E-state index contributed by atoms with van der Waals surface area (Å²) in [4.78, 5) is 0. The maximum Gasteiger partial charge on any atom is 0.0541 e. The van der Waals surface area contributed by atoms with E-state index in [1.807, 2.05) is 166 Å². The average Bonchev–Trinajstić information content (AvgIpc) is 1.43. The van der Waals surface area contributed by atoms with Gasteiger partial charge in [0.25, 0.3) is 0 Å². The van der Waals surface area contributed by atoms with Crippen LogP contribution < -0.4 is 0 Å². The first-order chi connectivity index (χ1) is 73.5. The van der Waals surface area contributed by atoms with Gasteiger partial charge < -0.3 is 17.6 Å². The molecule has 744 valence electrons. The number of aromatic nitrogens is 4. The maximum absolute atomic E-state index is 2.49. The topological polar surface area (TPSA) is 17.6 Å². The first kappa shape index (κ1) is 104. The third kappa shape index (κ3) is 17.2. The Morgan fingerprint density at radius 1 is 0.128 bits per heavy atom. The van der Waals surface area contributed by atoms with Crippen molar-refractivity contribution >= 4 is 109 Å². The van der Waals surface area contributed by atoms with Crippen LogP contribution in [0.25, 0.3) is 198 Å². The summed E-state index contributed by atoms with van der Waals surface area (Å²) >= 11 is 0. The number of hydrogen-bond acceptors (Lipinski definition) is 0. The van der Waals surface area contributed by atoms with Gasteiger partial charge in [-0.3, -0.25) is 0 Å². The number of fused-ring (bicyclic) bond motifs is 53. The van der Waals surface area contributed by atoms with Crippen LogP contribution in [0.1, 0.15) is 255 Å². The van der Waals surface area contributed by atoms with Crippen molar-refractivity contribution in [2.24, 2.45) is 0 Å². The standard InChI is InChI=1S/4C30H19N.12C2H6/c1-2-7-20-18(6-1)16-25-21(20)13-14-24-26(25)17-19-11-12-23-22-8-3-4-9-27(22)31-15-5-10-28(31)30(23)29(19)24;1-2-7-21-18(6-1)14-19-15-26-20(16-25(19)21)17-27-22(26)11-12-24-23-8-3-4-9-28(23)31-13-5-10-29(31)30(24)27;1-2-7-22-18(6-1)14-20-17-26-21(16-25(20)22)15-19-11-12-24-23-8-3-4-9-27(23)31-13-5-10-28(31)30(24)29(19)26;1-2-7-22-18(6-1)14-20-16-21-15-19-11-12-24-23-8-3-4-9-27(23)31-13-5-10-28(31)30(24)29(19)26(21)17-25(20)22;12*1-2/h1-15H,16-17H2;1-13,15-16H,14,17H2;2*1-13,16-17H,14-15H2;12*1-2H3. The zero-order valence-corrected chi connectivity index (χ0v) is 92.1. The molecule has 0 saturated carbocycles. The highest BCUT2D eigenvalue weighted by molar-refractivity contribution is 6.23. The van der Waals surface area contributed by atoms with Crippen molar-refractivity contribution in [3.8, 4) is 89.0 Å². The molecule has 8 aliphatic carbocycles. The second kappa shape index (κ2) is 46.2. The summed E-state index contributed by atoms with van der Waals surface area (Å²) in [6.07, 6.45) is 17.1. The first-order valence-electron chi connectivity index (χ1n) is 56.2. The summed E-state index contributed by atoms with van der Waals surface area (Å²) < 4.78 is 9.44. The molecule has 8 aliphatic rings. The van der Waals surface area contributed by atoms with Gasteiger partial charge in [-0.25, -0.2) is 0 Å². The summed E-state index contributed by atoms with van der Waals surface area (Å²) in [5.41, 5.74) is 56.8. The van der Waals surface area contributed by atoms with Crippen molar-refractivity contribution in [1.82, 2.24) is 17.6 Å². The highest BCUT2D eigenvalue weighted by Crippen LogP contribution is 2.56. The highest BCUT2D eigenvalue weighted by atomic mass is 14.9. The molecule has 0 N–H and O–H groups in total. The number of pyridine rings is 4. The number of nitrogens with zero attached hydrogens (tertiary/aromatic N) is 4. The minimum atomic E-state index is 1.01. The van der Waals surface area contributed by atoms with Crippen molar-refractivity contribution in [3.05, 3.63) is 454 Å². The van der Waals surface area contributed by atoms with E-state index < -0.39 is 0 Å². The molecule has 0 fully saturated rings. The smallest absolute Gasteiger partial charge is 0.0541 e. The van der Waals surface area contributed by atoms with Crippen LogP contribution in [-0.2, 0) is 51.4 Å². The van der Waals surface area contributed by atoms with Gasteiger partial charge in [0.05, 0.1) is 44.1 Å². The Bertz CT molecular complexity index is 8880. The molecule has 8 aromatic heterocycles. The summed E-state index contributed by atoms with van der Waals surface area (Å²) in [6, 6.07) is 127. The minimum absolute atomic E-state index is 1.01. The van der Waals surface area contributed by atoms with Gasteiger partial charge in [-0.05, 0) is 354 Å². The summed E-state index contributed by atoms with van der Waals surface area (Å²) in [7, 11) is 0. The quantitative estimate of drug-likeness (QED) is 0.135. The second-order valence-corrected chi connectivity index (χ2v) is 35.9. The van der Waals surface area contributed by atoms with Gasteiger partial charge in [-0.2, -0.15) is 0 Å². The molecule has 4 nitrogen and oxygen atoms in total. The van der Waals surface area contributed by atoms with E-state index in [1.165, 1.54) is 287 Å². The maximum atomic E-state index is 2.49. The van der Waals surface area contributed by atoms with Crippen LogP contribution >= 0.6 is 0 Å². The lowest BCUT2D eigenvalue weighted by atomic mass is 9.93. The van der Waals surface area contributed by atoms with Crippen LogP contribution in [0.5, 0.6) is 0 Å². The average molecular weight is 1930 g/mol. The zero-order chi connectivity index (χ0) is 104. The number of hydrogen-bond donors (Lipinski definition) is 0. The molecule has 32 rings (SSSR count). The van der Waals surface area contributed by atoms with Crippen molar-refractivity contribution in [2.75, 3.05) is 0 Å². The Balaban J connectivity index is 0.000000126. The van der Waals surface area contributed by atoms with E-state index in [9.17, 15) is 0 Å². The van der Waals surface area contributed by atoms with Gasteiger partial charge in [-0.1, -0.05) is 403 Å². The lowest BCUT2D eigenvalue weighted by molar-refractivity contribution is 1.16. The van der Waals surface area contributed by atoms with Crippen LogP contribution in [-0.4, -0.2) is 17.6 Å². The molecule has 16 aromatic carbocycles. The van der Waals surface area contributed by atoms with Gasteiger partial charge in [0, 0.05) is 67.9 Å². The fraction of sp³-hybridized carbons (Fsp3) is 0.222. The van der Waals surface area contributed by atoms with Gasteiger partial charge >= 0.3 is 0 Å². The van der Waals surface area contributed by atoms with Crippen LogP contribution in [0.4, 0.5) is 0 Å². The Kier molecular flexibility index (Phi) is 32.4. The molecular formula is C144H148N4. The van der Waals surface area contributed by atoms with Gasteiger partial charge in [0.15, 0.2) is 0 Å². The first-order valence-corrected chi connectivity index (χ1v) is 56.2. The highest BCUT2D eigenvalue weighted by Gasteiger charge is 2.35. The molecule has 0 radical (unpaired) electrons. The lowest BCUT2D eigenvalue weighted by Gasteiger charge is -2.14. The molecule has 0 amide bonds. The van der Waals surface area contributed by atoms with Crippen molar-refractivity contribution in [3.63, 3.8) is 0 Å². The Hall–Kier alpha value is -15.4. The van der Waals surface area contributed by atoms with Crippen LogP contribution in [0.3, 0.4) is 0 Å². The molecule has 0 atom stereocenters. The lowest BCUT2D eigenvalue weighted by Crippen LogP contribution is -1.93. The molecule has 148 heavy (non-hydrogen) atoms. The van der Waals surface area contributed by atoms with E-state index in [-0.39, 0.29) is 0 Å². The predicted octanol–water partition coefficient (Wildman–Crippen LogP) is 41.9. The minimum Gasteiger partial charge on any atom is -0.316 e. The van der Waals surface area contributed by atoms with Crippen LogP contribution in [0, 0.1) is 0 Å². The summed E-state index contributed by atoms with van der Waals surface area (Å²) in [5, 5.41) is 16.3. The Morgan fingerprint density at radius 3 is 0.750 bits per heavy atom. The molecule has 0 unspecified atom stereocenters. The van der Waals surface area contributed by atoms with E-state index in [0.29, 0.717) is 0 Å². The Labute approximate surface area is 880 Å². The van der Waals surface area contributed by atoms with Gasteiger partial charge in [0.2, 0.25) is 0 Å². The van der Waals surface area contributed by atoms with E-state index in [0.717, 1.165) is 51.4 Å². The second-order valence-electron chi connectivity index (χ2n) is 35.9. The molecule has 0 aliphatic heterocycles. The molecule has 0 spiro atoms. The molecular weight excluding hydrogens is 1790 g/mol. The fourth-order valence-electron chi connectivity index (χ4n) is 24.5. The largest absolute Gasteiger partial charge is 0.316 e. The molecule has 0 bridgehead atoms. The van der Waals surface area contributed by atoms with Gasteiger partial charge in [-0.15, -0.1) is 0 Å². The van der Waals surface area contributed by atoms with Crippen LogP contribution in [0.2, 0.25) is 0 Å². The molecule has 8 heterocycles. The predicted molar refractivity (Wildman–Crippen MR) is 652 cm³/mol. The number of para-hydroxylation sites is 4. The number of benzene rings is 16. The molecule has 24 aromatic rings. The van der Waals surface area contributed by atoms with E-state index in [1.54, 1.807) is 0 Å². The van der Waals surface area contributed by atoms with Crippen molar-refractivity contribution in [2.45, 2.75) is 218 Å². The third-order valence-electron chi connectivity index (χ3n) is 29.8. The monoisotopic (exact) mass is 1930 g/mol. The van der Waals surface area contributed by atoms with E-state index >= 15 is 0 Å². The number of rotatable bonds is 0. The fourth-order valence-corrected chi connectivity index (χ4v) is 24.5. The van der Waals surface area contributed by atoms with Crippen molar-refractivity contribution < 1.29 is 0 Å².